The Kier molecular flexibility index (Phi) is 2.42. The molecular formula is C18H28O3. The lowest BCUT2D eigenvalue weighted by molar-refractivity contribution is -0.191. The van der Waals surface area contributed by atoms with Gasteiger partial charge >= 0.3 is 0 Å². The second-order valence-electron chi connectivity index (χ2n) is 9.00. The van der Waals surface area contributed by atoms with E-state index in [1.54, 1.807) is 0 Å². The number of hydrogen-bond acceptors (Lipinski definition) is 3. The standard InChI is InChI=1S/C18H28O3/c1-10-9-11(19)12-15(2,3)17(6)7-8-18(10,12)14-13(17)20-16(4,5)21-14/h7-8,10-14,19H,9H2,1-6H3/t10-,11-,12?,13-,14+,17-,18+/m1/s1. The van der Waals surface area contributed by atoms with Crippen molar-refractivity contribution < 1.29 is 14.6 Å². The van der Waals surface area contributed by atoms with Crippen molar-refractivity contribution in [2.75, 3.05) is 0 Å². The summed E-state index contributed by atoms with van der Waals surface area (Å²) < 4.78 is 12.7. The summed E-state index contributed by atoms with van der Waals surface area (Å²) >= 11 is 0. The summed E-state index contributed by atoms with van der Waals surface area (Å²) in [6, 6.07) is 0. The zero-order valence-corrected chi connectivity index (χ0v) is 14.0. The first-order valence-electron chi connectivity index (χ1n) is 8.30. The fourth-order valence-corrected chi connectivity index (χ4v) is 6.16. The minimum Gasteiger partial charge on any atom is -0.393 e. The smallest absolute Gasteiger partial charge is 0.163 e. The first kappa shape index (κ1) is 14.2. The van der Waals surface area contributed by atoms with E-state index in [0.717, 1.165) is 6.42 Å². The summed E-state index contributed by atoms with van der Waals surface area (Å²) in [5, 5.41) is 10.8. The first-order chi connectivity index (χ1) is 9.56. The van der Waals surface area contributed by atoms with Crippen LogP contribution in [-0.2, 0) is 9.47 Å². The van der Waals surface area contributed by atoms with Gasteiger partial charge in [0, 0.05) is 16.7 Å². The molecule has 5 rings (SSSR count). The summed E-state index contributed by atoms with van der Waals surface area (Å²) in [5.74, 6) is 0.130. The van der Waals surface area contributed by atoms with Gasteiger partial charge in [-0.15, -0.1) is 0 Å². The van der Waals surface area contributed by atoms with Crippen LogP contribution in [0.5, 0.6) is 0 Å². The number of aliphatic hydroxyl groups excluding tert-OH is 1. The van der Waals surface area contributed by atoms with Crippen molar-refractivity contribution in [3.8, 4) is 0 Å². The molecule has 3 nitrogen and oxygen atoms in total. The van der Waals surface area contributed by atoms with Gasteiger partial charge in [-0.25, -0.2) is 0 Å². The Labute approximate surface area is 127 Å². The van der Waals surface area contributed by atoms with Gasteiger partial charge in [0.1, 0.15) is 0 Å². The lowest BCUT2D eigenvalue weighted by Crippen LogP contribution is -2.69. The van der Waals surface area contributed by atoms with E-state index in [1.165, 1.54) is 0 Å². The number of rotatable bonds is 0. The highest BCUT2D eigenvalue weighted by molar-refractivity contribution is 5.35. The summed E-state index contributed by atoms with van der Waals surface area (Å²) in [4.78, 5) is 0. The van der Waals surface area contributed by atoms with Crippen molar-refractivity contribution in [1.82, 2.24) is 0 Å². The van der Waals surface area contributed by atoms with Crippen molar-refractivity contribution in [2.45, 2.75) is 72.1 Å². The van der Waals surface area contributed by atoms with Gasteiger partial charge in [-0.2, -0.15) is 0 Å². The molecule has 0 aromatic rings. The van der Waals surface area contributed by atoms with Crippen LogP contribution in [0.15, 0.2) is 12.2 Å². The Morgan fingerprint density at radius 2 is 1.62 bits per heavy atom. The van der Waals surface area contributed by atoms with Crippen LogP contribution in [0.3, 0.4) is 0 Å². The predicted octanol–water partition coefficient (Wildman–Crippen LogP) is 3.13. The van der Waals surface area contributed by atoms with E-state index < -0.39 is 5.79 Å². The highest BCUT2D eigenvalue weighted by Gasteiger charge is 2.76. The third-order valence-electron chi connectivity index (χ3n) is 7.44. The molecule has 2 bridgehead atoms. The minimum absolute atomic E-state index is 0.00310. The van der Waals surface area contributed by atoms with E-state index in [1.807, 2.05) is 13.8 Å². The van der Waals surface area contributed by atoms with Gasteiger partial charge in [-0.3, -0.25) is 0 Å². The third kappa shape index (κ3) is 1.33. The van der Waals surface area contributed by atoms with Gasteiger partial charge < -0.3 is 14.6 Å². The lowest BCUT2D eigenvalue weighted by Gasteiger charge is -2.65. The Morgan fingerprint density at radius 1 is 1.00 bits per heavy atom. The van der Waals surface area contributed by atoms with Crippen LogP contribution in [0.25, 0.3) is 0 Å². The molecule has 118 valence electrons. The van der Waals surface area contributed by atoms with Gasteiger partial charge in [0.2, 0.25) is 0 Å². The highest BCUT2D eigenvalue weighted by Crippen LogP contribution is 2.74. The van der Waals surface area contributed by atoms with Crippen LogP contribution in [0, 0.1) is 28.1 Å². The molecule has 3 fully saturated rings. The maximum Gasteiger partial charge on any atom is 0.163 e. The molecule has 3 heteroatoms. The van der Waals surface area contributed by atoms with Gasteiger partial charge in [0.25, 0.3) is 0 Å². The molecule has 1 spiro atoms. The number of hydrogen-bond donors (Lipinski definition) is 1. The maximum absolute atomic E-state index is 10.8. The average Bonchev–Trinajstić information content (AvgIpc) is 2.80. The molecule has 1 unspecified atom stereocenters. The molecule has 1 saturated heterocycles. The molecule has 0 amide bonds. The average molecular weight is 292 g/mol. The van der Waals surface area contributed by atoms with Crippen LogP contribution in [0.4, 0.5) is 0 Å². The van der Waals surface area contributed by atoms with Gasteiger partial charge in [0.15, 0.2) is 5.79 Å². The molecule has 2 saturated carbocycles. The topological polar surface area (TPSA) is 38.7 Å². The van der Waals surface area contributed by atoms with E-state index in [-0.39, 0.29) is 40.5 Å². The molecule has 0 aromatic carbocycles. The SMILES string of the molecule is C[C@@H]1C[C@@H](O)C2C(C)(C)[C@]3(C)C=C[C@@]21[C@H]1OC(C)(C)O[C@H]13. The molecule has 1 aliphatic heterocycles. The highest BCUT2D eigenvalue weighted by atomic mass is 16.8. The van der Waals surface area contributed by atoms with E-state index in [9.17, 15) is 5.11 Å². The van der Waals surface area contributed by atoms with Crippen LogP contribution >= 0.6 is 0 Å². The van der Waals surface area contributed by atoms with E-state index in [4.69, 9.17) is 9.47 Å². The van der Waals surface area contributed by atoms with E-state index in [2.05, 4.69) is 39.8 Å². The second kappa shape index (κ2) is 3.58. The molecule has 0 radical (unpaired) electrons. The maximum atomic E-state index is 10.8. The summed E-state index contributed by atoms with van der Waals surface area (Å²) in [6.07, 6.45) is 5.50. The quantitative estimate of drug-likeness (QED) is 0.697. The largest absolute Gasteiger partial charge is 0.393 e. The third-order valence-corrected chi connectivity index (χ3v) is 7.44. The molecule has 7 atom stereocenters. The Morgan fingerprint density at radius 3 is 2.29 bits per heavy atom. The zero-order chi connectivity index (χ0) is 15.4. The van der Waals surface area contributed by atoms with Crippen molar-refractivity contribution in [1.29, 1.82) is 0 Å². The van der Waals surface area contributed by atoms with E-state index >= 15 is 0 Å². The minimum atomic E-state index is -0.534. The van der Waals surface area contributed by atoms with Crippen LogP contribution in [-0.4, -0.2) is 29.2 Å². The molecule has 0 aromatic heterocycles. The van der Waals surface area contributed by atoms with Crippen molar-refractivity contribution >= 4 is 0 Å². The lowest BCUT2D eigenvalue weighted by atomic mass is 9.40. The fourth-order valence-electron chi connectivity index (χ4n) is 6.16. The molecule has 21 heavy (non-hydrogen) atoms. The van der Waals surface area contributed by atoms with Gasteiger partial charge in [-0.1, -0.05) is 39.8 Å². The molecule has 5 aliphatic rings. The Balaban J connectivity index is 1.96. The number of ether oxygens (including phenoxy) is 2. The summed E-state index contributed by atoms with van der Waals surface area (Å²) in [5.41, 5.74) is -0.182. The van der Waals surface area contributed by atoms with Gasteiger partial charge in [-0.05, 0) is 31.6 Å². The first-order valence-corrected chi connectivity index (χ1v) is 8.30. The van der Waals surface area contributed by atoms with Crippen LogP contribution < -0.4 is 0 Å². The number of aliphatic hydroxyl groups is 1. The summed E-state index contributed by atoms with van der Waals surface area (Å²) in [7, 11) is 0. The van der Waals surface area contributed by atoms with Gasteiger partial charge in [0.05, 0.1) is 18.3 Å². The molecular weight excluding hydrogens is 264 g/mol. The van der Waals surface area contributed by atoms with E-state index in [0.29, 0.717) is 5.92 Å². The normalized spacial score (nSPS) is 59.1. The molecule has 4 aliphatic carbocycles. The zero-order valence-electron chi connectivity index (χ0n) is 14.0. The Hall–Kier alpha value is -0.380. The molecule has 1 N–H and O–H groups in total. The van der Waals surface area contributed by atoms with Crippen LogP contribution in [0.1, 0.15) is 48.0 Å². The second-order valence-corrected chi connectivity index (χ2v) is 9.00. The summed E-state index contributed by atoms with van der Waals surface area (Å²) in [6.45, 7) is 13.2. The Bertz CT molecular complexity index is 523. The fraction of sp³-hybridized carbons (Fsp3) is 0.889. The monoisotopic (exact) mass is 292 g/mol. The van der Waals surface area contributed by atoms with Crippen molar-refractivity contribution in [2.24, 2.45) is 28.1 Å². The molecule has 1 heterocycles. The van der Waals surface area contributed by atoms with Crippen LogP contribution in [0.2, 0.25) is 0 Å². The van der Waals surface area contributed by atoms with Crippen molar-refractivity contribution in [3.63, 3.8) is 0 Å². The van der Waals surface area contributed by atoms with Crippen molar-refractivity contribution in [3.05, 3.63) is 12.2 Å². The predicted molar refractivity (Wildman–Crippen MR) is 80.6 cm³/mol.